The van der Waals surface area contributed by atoms with Crippen molar-refractivity contribution in [2.24, 2.45) is 5.92 Å². The molecule has 1 atom stereocenters. The summed E-state index contributed by atoms with van der Waals surface area (Å²) in [4.78, 5) is 4.42. The second-order valence-electron chi connectivity index (χ2n) is 5.29. The monoisotopic (exact) mass is 261 g/mol. The molecule has 0 aliphatic heterocycles. The smallest absolute Gasteiger partial charge is 0.149 e. The van der Waals surface area contributed by atoms with Gasteiger partial charge in [-0.15, -0.1) is 0 Å². The average Bonchev–Trinajstić information content (AvgIpc) is 2.39. The summed E-state index contributed by atoms with van der Waals surface area (Å²) >= 11 is 0. The molecule has 1 aromatic heterocycles. The van der Waals surface area contributed by atoms with Crippen LogP contribution in [0.3, 0.4) is 0 Å². The number of aromatic nitrogens is 1. The SMILES string of the molecule is CC(C)C(C)c1ccc2cccc(F)c2n1.CCC. The van der Waals surface area contributed by atoms with Gasteiger partial charge in [-0.05, 0) is 18.1 Å². The zero-order chi connectivity index (χ0) is 14.4. The molecule has 1 aromatic carbocycles. The normalized spacial score (nSPS) is 12.2. The zero-order valence-corrected chi connectivity index (χ0v) is 12.6. The van der Waals surface area contributed by atoms with Crippen molar-refractivity contribution < 1.29 is 4.39 Å². The van der Waals surface area contributed by atoms with Crippen LogP contribution in [0, 0.1) is 11.7 Å². The minimum Gasteiger partial charge on any atom is -0.249 e. The number of halogens is 1. The van der Waals surface area contributed by atoms with Crippen LogP contribution in [0.1, 0.15) is 52.7 Å². The molecule has 1 unspecified atom stereocenters. The number of para-hydroxylation sites is 1. The second kappa shape index (κ2) is 7.22. The molecule has 0 aliphatic carbocycles. The van der Waals surface area contributed by atoms with Crippen molar-refractivity contribution in [3.8, 4) is 0 Å². The van der Waals surface area contributed by atoms with E-state index in [1.54, 1.807) is 6.07 Å². The van der Waals surface area contributed by atoms with Gasteiger partial charge in [0, 0.05) is 17.0 Å². The van der Waals surface area contributed by atoms with Gasteiger partial charge in [0.2, 0.25) is 0 Å². The van der Waals surface area contributed by atoms with Crippen molar-refractivity contribution in [3.05, 3.63) is 41.8 Å². The molecule has 19 heavy (non-hydrogen) atoms. The van der Waals surface area contributed by atoms with Crippen LogP contribution in [0.15, 0.2) is 30.3 Å². The van der Waals surface area contributed by atoms with E-state index in [-0.39, 0.29) is 5.82 Å². The van der Waals surface area contributed by atoms with Crippen molar-refractivity contribution in [1.82, 2.24) is 4.98 Å². The quantitative estimate of drug-likeness (QED) is 0.690. The lowest BCUT2D eigenvalue weighted by molar-refractivity contribution is 0.524. The lowest BCUT2D eigenvalue weighted by Crippen LogP contribution is -2.04. The Morgan fingerprint density at radius 2 is 1.68 bits per heavy atom. The molecule has 0 saturated carbocycles. The Hall–Kier alpha value is -1.44. The Kier molecular flexibility index (Phi) is 5.94. The van der Waals surface area contributed by atoms with E-state index in [2.05, 4.69) is 39.6 Å². The van der Waals surface area contributed by atoms with Gasteiger partial charge in [0.25, 0.3) is 0 Å². The summed E-state index contributed by atoms with van der Waals surface area (Å²) < 4.78 is 13.6. The van der Waals surface area contributed by atoms with Crippen LogP contribution in [0.2, 0.25) is 0 Å². The van der Waals surface area contributed by atoms with E-state index >= 15 is 0 Å². The lowest BCUT2D eigenvalue weighted by Gasteiger charge is -2.15. The van der Waals surface area contributed by atoms with E-state index in [4.69, 9.17) is 0 Å². The number of benzene rings is 1. The third-order valence-corrected chi connectivity index (χ3v) is 3.16. The van der Waals surface area contributed by atoms with Gasteiger partial charge in [0.05, 0.1) is 0 Å². The van der Waals surface area contributed by atoms with Crippen LogP contribution < -0.4 is 0 Å². The van der Waals surface area contributed by atoms with Gasteiger partial charge in [-0.2, -0.15) is 0 Å². The van der Waals surface area contributed by atoms with Crippen molar-refractivity contribution in [1.29, 1.82) is 0 Å². The predicted octanol–water partition coefficient (Wildman–Crippen LogP) is 5.55. The van der Waals surface area contributed by atoms with Gasteiger partial charge >= 0.3 is 0 Å². The summed E-state index contributed by atoms with van der Waals surface area (Å²) in [5.74, 6) is 0.621. The van der Waals surface area contributed by atoms with Gasteiger partial charge in [0.1, 0.15) is 11.3 Å². The summed E-state index contributed by atoms with van der Waals surface area (Å²) in [6.07, 6.45) is 1.25. The molecule has 1 nitrogen and oxygen atoms in total. The molecule has 0 amide bonds. The fourth-order valence-electron chi connectivity index (χ4n) is 1.72. The van der Waals surface area contributed by atoms with E-state index in [9.17, 15) is 4.39 Å². The topological polar surface area (TPSA) is 12.9 Å². The number of fused-ring (bicyclic) bond motifs is 1. The van der Waals surface area contributed by atoms with Gasteiger partial charge in [-0.1, -0.05) is 59.2 Å². The van der Waals surface area contributed by atoms with Gasteiger partial charge in [0.15, 0.2) is 0 Å². The maximum absolute atomic E-state index is 13.6. The molecular formula is C17H24FN. The molecule has 0 N–H and O–H groups in total. The van der Waals surface area contributed by atoms with Gasteiger partial charge in [-0.3, -0.25) is 0 Å². The average molecular weight is 261 g/mol. The van der Waals surface area contributed by atoms with E-state index < -0.39 is 0 Å². The molecule has 2 heteroatoms. The first-order valence-electron chi connectivity index (χ1n) is 7.06. The fourth-order valence-corrected chi connectivity index (χ4v) is 1.72. The van der Waals surface area contributed by atoms with E-state index in [1.165, 1.54) is 12.5 Å². The Morgan fingerprint density at radius 1 is 1.05 bits per heavy atom. The molecule has 2 aromatic rings. The largest absolute Gasteiger partial charge is 0.249 e. The molecule has 0 aliphatic rings. The molecular weight excluding hydrogens is 237 g/mol. The number of hydrogen-bond donors (Lipinski definition) is 0. The van der Waals surface area contributed by atoms with Crippen molar-refractivity contribution in [2.75, 3.05) is 0 Å². The fraction of sp³-hybridized carbons (Fsp3) is 0.471. The van der Waals surface area contributed by atoms with Crippen LogP contribution in [0.4, 0.5) is 4.39 Å². The van der Waals surface area contributed by atoms with Crippen LogP contribution in [-0.2, 0) is 0 Å². The minimum atomic E-state index is -0.240. The summed E-state index contributed by atoms with van der Waals surface area (Å²) in [7, 11) is 0. The minimum absolute atomic E-state index is 0.240. The third kappa shape index (κ3) is 4.02. The maximum Gasteiger partial charge on any atom is 0.149 e. The van der Waals surface area contributed by atoms with Crippen LogP contribution in [0.25, 0.3) is 10.9 Å². The van der Waals surface area contributed by atoms with Gasteiger partial charge < -0.3 is 0 Å². The van der Waals surface area contributed by atoms with Crippen LogP contribution in [0.5, 0.6) is 0 Å². The Labute approximate surface area is 115 Å². The highest BCUT2D eigenvalue weighted by molar-refractivity contribution is 5.79. The summed E-state index contributed by atoms with van der Waals surface area (Å²) in [6.45, 7) is 10.7. The van der Waals surface area contributed by atoms with E-state index in [1.807, 2.05) is 18.2 Å². The zero-order valence-electron chi connectivity index (χ0n) is 12.6. The van der Waals surface area contributed by atoms with Gasteiger partial charge in [-0.25, -0.2) is 9.37 Å². The number of pyridine rings is 1. The Morgan fingerprint density at radius 3 is 2.26 bits per heavy atom. The summed E-state index contributed by atoms with van der Waals surface area (Å²) in [5.41, 5.74) is 1.44. The highest BCUT2D eigenvalue weighted by atomic mass is 19.1. The third-order valence-electron chi connectivity index (χ3n) is 3.16. The molecule has 0 saturated heterocycles. The number of nitrogens with zero attached hydrogens (tertiary/aromatic N) is 1. The first kappa shape index (κ1) is 15.6. The lowest BCUT2D eigenvalue weighted by atomic mass is 9.94. The maximum atomic E-state index is 13.6. The second-order valence-corrected chi connectivity index (χ2v) is 5.29. The summed E-state index contributed by atoms with van der Waals surface area (Å²) in [5, 5.41) is 0.861. The van der Waals surface area contributed by atoms with Crippen molar-refractivity contribution >= 4 is 10.9 Å². The van der Waals surface area contributed by atoms with Crippen molar-refractivity contribution in [3.63, 3.8) is 0 Å². The van der Waals surface area contributed by atoms with Crippen LogP contribution in [-0.4, -0.2) is 4.98 Å². The molecule has 0 bridgehead atoms. The summed E-state index contributed by atoms with van der Waals surface area (Å²) in [6, 6.07) is 8.99. The Bertz CT molecular complexity index is 520. The van der Waals surface area contributed by atoms with Crippen molar-refractivity contribution in [2.45, 2.75) is 47.0 Å². The molecule has 0 fully saturated rings. The van der Waals surface area contributed by atoms with Crippen LogP contribution >= 0.6 is 0 Å². The van der Waals surface area contributed by atoms with E-state index in [0.29, 0.717) is 17.4 Å². The standard InChI is InChI=1S/C14H16FN.C3H8/c1-9(2)10(3)13-8-7-11-5-4-6-12(15)14(11)16-13;1-3-2/h4-10H,1-3H3;3H2,1-2H3. The Balaban J connectivity index is 0.000000550. The van der Waals surface area contributed by atoms with E-state index in [0.717, 1.165) is 11.1 Å². The number of rotatable bonds is 2. The number of hydrogen-bond acceptors (Lipinski definition) is 1. The molecule has 0 radical (unpaired) electrons. The molecule has 1 heterocycles. The molecule has 104 valence electrons. The molecule has 0 spiro atoms. The first-order chi connectivity index (χ1) is 9.01. The first-order valence-corrected chi connectivity index (χ1v) is 7.06. The highest BCUT2D eigenvalue weighted by Gasteiger charge is 2.12. The highest BCUT2D eigenvalue weighted by Crippen LogP contribution is 2.24. The molecule has 2 rings (SSSR count). The predicted molar refractivity (Wildman–Crippen MR) is 80.9 cm³/mol.